The number of benzene rings is 2. The Balaban J connectivity index is 2.55. The molecule has 0 atom stereocenters. The van der Waals surface area contributed by atoms with Crippen molar-refractivity contribution in [3.8, 4) is 0 Å². The lowest BCUT2D eigenvalue weighted by Gasteiger charge is -2.10. The van der Waals surface area contributed by atoms with Crippen LogP contribution in [-0.4, -0.2) is 30.4 Å². The number of methoxy groups -OCH3 is 2. The Hall–Kier alpha value is -2.47. The molecule has 0 N–H and O–H groups in total. The molecule has 2 rings (SSSR count). The molecule has 0 bridgehead atoms. The summed E-state index contributed by atoms with van der Waals surface area (Å²) in [7, 11) is 0.793. The number of hydrogen-bond donors (Lipinski definition) is 0. The lowest BCUT2D eigenvalue weighted by Crippen LogP contribution is -2.10. The van der Waals surface area contributed by atoms with Crippen molar-refractivity contribution in [1.29, 1.82) is 0 Å². The van der Waals surface area contributed by atoms with E-state index in [0.29, 0.717) is 0 Å². The summed E-state index contributed by atoms with van der Waals surface area (Å²) < 4.78 is 22.2. The maximum absolute atomic E-state index is 12.8. The predicted octanol–water partition coefficient (Wildman–Crippen LogP) is 2.43. The van der Waals surface area contributed by atoms with Crippen LogP contribution in [0.15, 0.2) is 58.3 Å². The van der Waals surface area contributed by atoms with Crippen LogP contribution in [0.4, 0.5) is 0 Å². The van der Waals surface area contributed by atoms with Gasteiger partial charge < -0.3 is 9.47 Å². The first-order chi connectivity index (χ1) is 10.6. The topological polar surface area (TPSA) is 69.7 Å². The van der Waals surface area contributed by atoms with E-state index in [-0.39, 0.29) is 20.9 Å². The number of ether oxygens (including phenoxy) is 2. The summed E-state index contributed by atoms with van der Waals surface area (Å²) in [4.78, 5) is 24.2. The Morgan fingerprint density at radius 2 is 1.14 bits per heavy atom. The van der Waals surface area contributed by atoms with Gasteiger partial charge in [0, 0.05) is 0 Å². The molecule has 2 aromatic carbocycles. The lowest BCUT2D eigenvalue weighted by atomic mass is 10.2. The predicted molar refractivity (Wildman–Crippen MR) is 80.2 cm³/mol. The van der Waals surface area contributed by atoms with E-state index in [0.717, 1.165) is 0 Å². The van der Waals surface area contributed by atoms with Crippen LogP contribution < -0.4 is 0 Å². The number of carbonyl (C=O) groups is 2. The highest BCUT2D eigenvalue weighted by Gasteiger charge is 2.21. The minimum absolute atomic E-state index is 0.197. The molecule has 0 aliphatic rings. The highest BCUT2D eigenvalue weighted by Crippen LogP contribution is 2.24. The van der Waals surface area contributed by atoms with Gasteiger partial charge in [-0.1, -0.05) is 24.3 Å². The van der Waals surface area contributed by atoms with Gasteiger partial charge in [0.15, 0.2) is 0 Å². The SMILES string of the molecule is COC(=O)c1ccccc1S(=O)c1ccccc1C(=O)OC. The van der Waals surface area contributed by atoms with Crippen molar-refractivity contribution >= 4 is 22.7 Å². The van der Waals surface area contributed by atoms with E-state index in [2.05, 4.69) is 0 Å². The van der Waals surface area contributed by atoms with Gasteiger partial charge in [0.2, 0.25) is 0 Å². The third-order valence-corrected chi connectivity index (χ3v) is 4.50. The fourth-order valence-electron chi connectivity index (χ4n) is 1.93. The molecule has 0 saturated heterocycles. The first-order valence-corrected chi connectivity index (χ1v) is 7.51. The van der Waals surface area contributed by atoms with Gasteiger partial charge in [0.1, 0.15) is 0 Å². The Morgan fingerprint density at radius 3 is 1.50 bits per heavy atom. The van der Waals surface area contributed by atoms with Crippen molar-refractivity contribution < 1.29 is 23.3 Å². The average Bonchev–Trinajstić information content (AvgIpc) is 2.59. The molecule has 0 radical (unpaired) electrons. The fraction of sp³-hybridized carbons (Fsp3) is 0.125. The third kappa shape index (κ3) is 3.07. The zero-order valence-electron chi connectivity index (χ0n) is 12.1. The zero-order valence-corrected chi connectivity index (χ0v) is 12.9. The van der Waals surface area contributed by atoms with E-state index < -0.39 is 22.7 Å². The smallest absolute Gasteiger partial charge is 0.339 e. The quantitative estimate of drug-likeness (QED) is 0.810. The Morgan fingerprint density at radius 1 is 0.773 bits per heavy atom. The van der Waals surface area contributed by atoms with Crippen LogP contribution >= 0.6 is 0 Å². The van der Waals surface area contributed by atoms with Crippen LogP contribution in [-0.2, 0) is 20.3 Å². The van der Waals surface area contributed by atoms with Crippen molar-refractivity contribution in [2.45, 2.75) is 9.79 Å². The Labute approximate surface area is 130 Å². The molecule has 6 heteroatoms. The van der Waals surface area contributed by atoms with Crippen molar-refractivity contribution in [2.24, 2.45) is 0 Å². The summed E-state index contributed by atoms with van der Waals surface area (Å²) in [6, 6.07) is 12.8. The number of esters is 2. The van der Waals surface area contributed by atoms with Crippen LogP contribution in [0.5, 0.6) is 0 Å². The Bertz CT molecular complexity index is 677. The van der Waals surface area contributed by atoms with Gasteiger partial charge in [-0.25, -0.2) is 13.8 Å². The summed E-state index contributed by atoms with van der Waals surface area (Å²) >= 11 is 0. The molecule has 0 fully saturated rings. The summed E-state index contributed by atoms with van der Waals surface area (Å²) in [5.74, 6) is -1.17. The standard InChI is InChI=1S/C16H14O5S/c1-20-15(17)11-7-3-5-9-13(11)22(19)14-10-6-4-8-12(14)16(18)21-2/h3-10H,1-2H3. The van der Waals surface area contributed by atoms with Gasteiger partial charge in [-0.3, -0.25) is 0 Å². The highest BCUT2D eigenvalue weighted by atomic mass is 32.2. The van der Waals surface area contributed by atoms with Gasteiger partial charge in [-0.05, 0) is 24.3 Å². The first-order valence-electron chi connectivity index (χ1n) is 6.36. The second-order valence-corrected chi connectivity index (χ2v) is 5.66. The van der Waals surface area contributed by atoms with Crippen LogP contribution in [0.1, 0.15) is 20.7 Å². The molecule has 114 valence electrons. The van der Waals surface area contributed by atoms with Gasteiger partial charge in [-0.2, -0.15) is 0 Å². The average molecular weight is 318 g/mol. The molecule has 22 heavy (non-hydrogen) atoms. The first kappa shape index (κ1) is 15.9. The van der Waals surface area contributed by atoms with Gasteiger partial charge in [-0.15, -0.1) is 0 Å². The van der Waals surface area contributed by atoms with Crippen molar-refractivity contribution in [2.75, 3.05) is 14.2 Å². The van der Waals surface area contributed by atoms with Crippen molar-refractivity contribution in [3.05, 3.63) is 59.7 Å². The van der Waals surface area contributed by atoms with Crippen LogP contribution in [0.3, 0.4) is 0 Å². The van der Waals surface area contributed by atoms with E-state index in [1.54, 1.807) is 36.4 Å². The number of hydrogen-bond acceptors (Lipinski definition) is 5. The molecule has 0 heterocycles. The second-order valence-electron chi connectivity index (χ2n) is 4.24. The largest absolute Gasteiger partial charge is 0.465 e. The summed E-state index contributed by atoms with van der Waals surface area (Å²) in [5.41, 5.74) is 0.394. The van der Waals surface area contributed by atoms with Gasteiger partial charge in [0.25, 0.3) is 0 Å². The molecule has 0 amide bonds. The van der Waals surface area contributed by atoms with E-state index in [1.807, 2.05) is 0 Å². The minimum atomic E-state index is -1.72. The highest BCUT2D eigenvalue weighted by molar-refractivity contribution is 7.85. The summed E-state index contributed by atoms with van der Waals surface area (Å²) in [6.45, 7) is 0. The van der Waals surface area contributed by atoms with Crippen LogP contribution in [0.2, 0.25) is 0 Å². The maximum atomic E-state index is 12.8. The molecule has 5 nitrogen and oxygen atoms in total. The second kappa shape index (κ2) is 7.00. The molecule has 0 aliphatic heterocycles. The fourth-order valence-corrected chi connectivity index (χ4v) is 3.28. The van der Waals surface area contributed by atoms with E-state index in [4.69, 9.17) is 9.47 Å². The third-order valence-electron chi connectivity index (χ3n) is 2.98. The molecule has 0 aliphatic carbocycles. The van der Waals surface area contributed by atoms with E-state index in [1.165, 1.54) is 26.4 Å². The summed E-state index contributed by atoms with van der Waals surface area (Å²) in [5, 5.41) is 0. The molecule has 0 unspecified atom stereocenters. The number of rotatable bonds is 4. The zero-order chi connectivity index (χ0) is 16.1. The molecule has 0 spiro atoms. The Kier molecular flexibility index (Phi) is 5.06. The van der Waals surface area contributed by atoms with Gasteiger partial charge >= 0.3 is 11.9 Å². The van der Waals surface area contributed by atoms with E-state index in [9.17, 15) is 13.8 Å². The molecular weight excluding hydrogens is 304 g/mol. The molecule has 0 aromatic heterocycles. The van der Waals surface area contributed by atoms with E-state index >= 15 is 0 Å². The molecular formula is C16H14O5S. The number of carbonyl (C=O) groups excluding carboxylic acids is 2. The van der Waals surface area contributed by atoms with Crippen molar-refractivity contribution in [3.63, 3.8) is 0 Å². The lowest BCUT2D eigenvalue weighted by molar-refractivity contribution is 0.0589. The molecule has 0 saturated carbocycles. The normalized spacial score (nSPS) is 10.3. The van der Waals surface area contributed by atoms with Gasteiger partial charge in [0.05, 0.1) is 45.9 Å². The van der Waals surface area contributed by atoms with Crippen LogP contribution in [0, 0.1) is 0 Å². The maximum Gasteiger partial charge on any atom is 0.339 e. The van der Waals surface area contributed by atoms with Crippen LogP contribution in [0.25, 0.3) is 0 Å². The monoisotopic (exact) mass is 318 g/mol. The minimum Gasteiger partial charge on any atom is -0.465 e. The summed E-state index contributed by atoms with van der Waals surface area (Å²) in [6.07, 6.45) is 0. The van der Waals surface area contributed by atoms with Crippen molar-refractivity contribution in [1.82, 2.24) is 0 Å². The molecule has 2 aromatic rings.